The van der Waals surface area contributed by atoms with Gasteiger partial charge < -0.3 is 9.47 Å². The standard InChI is InChI=1S/C56H46N2/c1-39-18-20-41(21-19-39)42-22-30-48(31-23-42)57(50-34-28-45(29-35-50)46-11-9-12-47(38-46)52-13-4-3-10-40(52)2)49-32-24-43(25-33-49)44-26-36-51(37-27-44)58-55-16-7-5-14-53(55)54-15-6-8-17-56(54)58/h3-7,9-16,18-38,40,52H,8,17H2,1-2H3. The van der Waals surface area contributed by atoms with E-state index in [2.05, 4.69) is 230 Å². The minimum atomic E-state index is 0.395. The average Bonchev–Trinajstić information content (AvgIpc) is 3.62. The Hall–Kier alpha value is -6.90. The first-order chi connectivity index (χ1) is 28.6. The molecule has 2 aliphatic carbocycles. The fourth-order valence-electron chi connectivity index (χ4n) is 8.93. The summed E-state index contributed by atoms with van der Waals surface area (Å²) in [6.07, 6.45) is 15.7. The van der Waals surface area contributed by atoms with Crippen LogP contribution in [0.15, 0.2) is 200 Å². The number of rotatable bonds is 8. The van der Waals surface area contributed by atoms with Crippen molar-refractivity contribution in [3.8, 4) is 39.1 Å². The van der Waals surface area contributed by atoms with Crippen LogP contribution in [0.1, 0.15) is 41.6 Å². The monoisotopic (exact) mass is 746 g/mol. The van der Waals surface area contributed by atoms with Gasteiger partial charge in [-0.15, -0.1) is 0 Å². The second-order valence-corrected chi connectivity index (χ2v) is 15.8. The van der Waals surface area contributed by atoms with Gasteiger partial charge in [0.1, 0.15) is 0 Å². The highest BCUT2D eigenvalue weighted by Gasteiger charge is 2.20. The molecule has 2 aliphatic rings. The zero-order valence-electron chi connectivity index (χ0n) is 33.1. The van der Waals surface area contributed by atoms with E-state index in [1.165, 1.54) is 72.4 Å². The van der Waals surface area contributed by atoms with Gasteiger partial charge in [-0.3, -0.25) is 0 Å². The van der Waals surface area contributed by atoms with Gasteiger partial charge in [-0.05, 0) is 119 Å². The Morgan fingerprint density at radius 1 is 0.534 bits per heavy atom. The number of para-hydroxylation sites is 1. The zero-order valence-corrected chi connectivity index (χ0v) is 33.1. The summed E-state index contributed by atoms with van der Waals surface area (Å²) in [4.78, 5) is 2.36. The van der Waals surface area contributed by atoms with Gasteiger partial charge in [0, 0.05) is 45.3 Å². The van der Waals surface area contributed by atoms with E-state index in [0.717, 1.165) is 29.9 Å². The van der Waals surface area contributed by atoms with Crippen molar-refractivity contribution >= 4 is 34.0 Å². The van der Waals surface area contributed by atoms with Crippen molar-refractivity contribution in [2.45, 2.75) is 32.6 Å². The number of hydrogen-bond acceptors (Lipinski definition) is 1. The molecular weight excluding hydrogens is 701 g/mol. The van der Waals surface area contributed by atoms with Gasteiger partial charge in [0.25, 0.3) is 0 Å². The van der Waals surface area contributed by atoms with Crippen LogP contribution in [0.5, 0.6) is 0 Å². The molecule has 7 aromatic carbocycles. The summed E-state index contributed by atoms with van der Waals surface area (Å²) in [5.41, 5.74) is 18.5. The number of aromatic nitrogens is 1. The summed E-state index contributed by atoms with van der Waals surface area (Å²) < 4.78 is 2.46. The topological polar surface area (TPSA) is 8.17 Å². The fourth-order valence-corrected chi connectivity index (χ4v) is 8.93. The molecule has 0 saturated carbocycles. The Morgan fingerprint density at radius 3 is 1.71 bits per heavy atom. The highest BCUT2D eigenvalue weighted by atomic mass is 15.1. The molecule has 0 radical (unpaired) electrons. The summed E-state index contributed by atoms with van der Waals surface area (Å²) in [5, 5.41) is 1.33. The molecule has 10 rings (SSSR count). The van der Waals surface area contributed by atoms with Gasteiger partial charge in [-0.25, -0.2) is 0 Å². The summed E-state index contributed by atoms with van der Waals surface area (Å²) in [6, 6.07) is 62.7. The molecule has 2 nitrogen and oxygen atoms in total. The van der Waals surface area contributed by atoms with Crippen LogP contribution in [0.25, 0.3) is 56.0 Å². The average molecular weight is 747 g/mol. The van der Waals surface area contributed by atoms with Crippen molar-refractivity contribution in [3.63, 3.8) is 0 Å². The van der Waals surface area contributed by atoms with Crippen LogP contribution < -0.4 is 4.90 Å². The second kappa shape index (κ2) is 15.2. The van der Waals surface area contributed by atoms with E-state index in [-0.39, 0.29) is 0 Å². The summed E-state index contributed by atoms with van der Waals surface area (Å²) >= 11 is 0. The molecule has 0 fully saturated rings. The lowest BCUT2D eigenvalue weighted by molar-refractivity contribution is 0.635. The Balaban J connectivity index is 0.969. The summed E-state index contributed by atoms with van der Waals surface area (Å²) in [5.74, 6) is 0.874. The van der Waals surface area contributed by atoms with E-state index in [4.69, 9.17) is 0 Å². The van der Waals surface area contributed by atoms with Crippen LogP contribution in [-0.4, -0.2) is 4.57 Å². The van der Waals surface area contributed by atoms with Gasteiger partial charge in [0.2, 0.25) is 0 Å². The van der Waals surface area contributed by atoms with Crippen molar-refractivity contribution in [2.24, 2.45) is 5.92 Å². The predicted octanol–water partition coefficient (Wildman–Crippen LogP) is 15.2. The zero-order chi connectivity index (χ0) is 39.0. The van der Waals surface area contributed by atoms with Crippen LogP contribution >= 0.6 is 0 Å². The molecule has 0 N–H and O–H groups in total. The molecule has 0 amide bonds. The minimum Gasteiger partial charge on any atom is -0.313 e. The van der Waals surface area contributed by atoms with E-state index in [1.807, 2.05) is 0 Å². The highest BCUT2D eigenvalue weighted by Crippen LogP contribution is 2.39. The maximum atomic E-state index is 2.46. The first kappa shape index (κ1) is 35.5. The van der Waals surface area contributed by atoms with Crippen molar-refractivity contribution in [3.05, 3.63) is 223 Å². The fraction of sp³-hybridized carbons (Fsp3) is 0.107. The smallest absolute Gasteiger partial charge is 0.0537 e. The highest BCUT2D eigenvalue weighted by molar-refractivity contribution is 5.93. The molecule has 0 saturated heterocycles. The lowest BCUT2D eigenvalue weighted by Crippen LogP contribution is -2.10. The first-order valence-electron chi connectivity index (χ1n) is 20.6. The largest absolute Gasteiger partial charge is 0.313 e. The lowest BCUT2D eigenvalue weighted by Gasteiger charge is -2.26. The van der Waals surface area contributed by atoms with Gasteiger partial charge >= 0.3 is 0 Å². The van der Waals surface area contributed by atoms with Gasteiger partial charge in [0.05, 0.1) is 5.52 Å². The van der Waals surface area contributed by atoms with Crippen molar-refractivity contribution in [1.82, 2.24) is 4.57 Å². The number of allylic oxidation sites excluding steroid dienone is 5. The Labute approximate surface area is 342 Å². The normalized spacial score (nSPS) is 15.8. The Kier molecular flexibility index (Phi) is 9.31. The third-order valence-corrected chi connectivity index (χ3v) is 12.1. The molecule has 8 aromatic rings. The van der Waals surface area contributed by atoms with Gasteiger partial charge in [-0.1, -0.05) is 164 Å². The molecular formula is C56H46N2. The van der Waals surface area contributed by atoms with Gasteiger partial charge in [0.15, 0.2) is 0 Å². The third-order valence-electron chi connectivity index (χ3n) is 12.1. The van der Waals surface area contributed by atoms with E-state index in [0.29, 0.717) is 11.8 Å². The maximum Gasteiger partial charge on any atom is 0.0537 e. The Morgan fingerprint density at radius 2 is 1.09 bits per heavy atom. The molecule has 0 spiro atoms. The molecule has 0 bridgehead atoms. The van der Waals surface area contributed by atoms with Crippen LogP contribution in [0.3, 0.4) is 0 Å². The number of benzene rings is 7. The van der Waals surface area contributed by atoms with Gasteiger partial charge in [-0.2, -0.15) is 0 Å². The molecule has 1 heterocycles. The van der Waals surface area contributed by atoms with Crippen LogP contribution in [0.4, 0.5) is 17.1 Å². The summed E-state index contributed by atoms with van der Waals surface area (Å²) in [7, 11) is 0. The van der Waals surface area contributed by atoms with Crippen LogP contribution in [0.2, 0.25) is 0 Å². The second-order valence-electron chi connectivity index (χ2n) is 15.8. The first-order valence-corrected chi connectivity index (χ1v) is 20.6. The minimum absolute atomic E-state index is 0.395. The molecule has 280 valence electrons. The van der Waals surface area contributed by atoms with E-state index in [9.17, 15) is 0 Å². The van der Waals surface area contributed by atoms with Crippen molar-refractivity contribution in [2.75, 3.05) is 4.90 Å². The number of nitrogens with zero attached hydrogens (tertiary/aromatic N) is 2. The lowest BCUT2D eigenvalue weighted by atomic mass is 9.83. The van der Waals surface area contributed by atoms with Crippen molar-refractivity contribution in [1.29, 1.82) is 0 Å². The van der Waals surface area contributed by atoms with E-state index in [1.54, 1.807) is 0 Å². The SMILES string of the molecule is Cc1ccc(-c2ccc(N(c3ccc(-c4ccc(-n5c6c(c7ccccc75)C=CCC6)cc4)cc3)c3ccc(-c4cccc(C5C=CC=CC5C)c4)cc3)cc2)cc1. The summed E-state index contributed by atoms with van der Waals surface area (Å²) in [6.45, 7) is 4.43. The maximum absolute atomic E-state index is 2.46. The predicted molar refractivity (Wildman–Crippen MR) is 247 cm³/mol. The molecule has 2 heteroatoms. The number of fused-ring (bicyclic) bond motifs is 3. The van der Waals surface area contributed by atoms with Crippen LogP contribution in [0, 0.1) is 12.8 Å². The number of hydrogen-bond donors (Lipinski definition) is 0. The molecule has 2 atom stereocenters. The molecule has 0 aliphatic heterocycles. The van der Waals surface area contributed by atoms with E-state index < -0.39 is 0 Å². The van der Waals surface area contributed by atoms with Crippen molar-refractivity contribution < 1.29 is 0 Å². The quantitative estimate of drug-likeness (QED) is 0.150. The molecule has 1 aromatic heterocycles. The third kappa shape index (κ3) is 6.71. The molecule has 2 unspecified atom stereocenters. The number of anilines is 3. The molecule has 58 heavy (non-hydrogen) atoms. The number of aryl methyl sites for hydroxylation is 1. The van der Waals surface area contributed by atoms with E-state index >= 15 is 0 Å². The van der Waals surface area contributed by atoms with Crippen LogP contribution in [-0.2, 0) is 6.42 Å². The Bertz CT molecular complexity index is 2810.